The second-order valence-corrected chi connectivity index (χ2v) is 8.47. The molecule has 1 atom stereocenters. The molecule has 1 aromatic carbocycles. The highest BCUT2D eigenvalue weighted by atomic mass is 16.5. The van der Waals surface area contributed by atoms with Gasteiger partial charge in [-0.15, -0.1) is 0 Å². The van der Waals surface area contributed by atoms with E-state index in [-0.39, 0.29) is 10.9 Å². The van der Waals surface area contributed by atoms with Gasteiger partial charge in [-0.3, -0.25) is 0 Å². The Morgan fingerprint density at radius 3 is 2.30 bits per heavy atom. The average molecular weight is 310 g/mol. The molecular weight excluding hydrogens is 279 g/mol. The van der Waals surface area contributed by atoms with Gasteiger partial charge in [0.25, 0.3) is 0 Å². The first kappa shape index (κ1) is 16.8. The number of allylic oxidation sites excluding steroid dienone is 2. The van der Waals surface area contributed by atoms with Gasteiger partial charge < -0.3 is 4.65 Å². The fourth-order valence-corrected chi connectivity index (χ4v) is 4.03. The molecule has 0 bridgehead atoms. The fraction of sp³-hybridized carbons (Fsp3) is 0.619. The molecule has 124 valence electrons. The van der Waals surface area contributed by atoms with E-state index in [0.29, 0.717) is 12.8 Å². The smallest absolute Gasteiger partial charge is 0.331 e. The molecule has 1 aliphatic heterocycles. The van der Waals surface area contributed by atoms with Crippen LogP contribution in [0.5, 0.6) is 0 Å². The number of benzene rings is 1. The molecule has 0 amide bonds. The summed E-state index contributed by atoms with van der Waals surface area (Å²) in [6.45, 7) is 11.7. The van der Waals surface area contributed by atoms with E-state index >= 15 is 0 Å². The minimum Gasteiger partial charge on any atom is -0.426 e. The summed E-state index contributed by atoms with van der Waals surface area (Å²) in [5, 5.41) is 0.244. The van der Waals surface area contributed by atoms with Gasteiger partial charge in [-0.1, -0.05) is 63.0 Å². The number of hydrogen-bond acceptors (Lipinski definition) is 1. The first-order valence-corrected chi connectivity index (χ1v) is 9.30. The quantitative estimate of drug-likeness (QED) is 0.624. The lowest BCUT2D eigenvalue weighted by Gasteiger charge is -2.58. The van der Waals surface area contributed by atoms with Crippen LogP contribution in [0.4, 0.5) is 0 Å². The van der Waals surface area contributed by atoms with E-state index in [4.69, 9.17) is 4.65 Å². The second-order valence-electron chi connectivity index (χ2n) is 8.47. The van der Waals surface area contributed by atoms with Crippen LogP contribution in [0, 0.1) is 0 Å². The van der Waals surface area contributed by atoms with Gasteiger partial charge in [-0.2, -0.15) is 0 Å². The zero-order valence-corrected chi connectivity index (χ0v) is 15.5. The van der Waals surface area contributed by atoms with Crippen molar-refractivity contribution in [2.45, 2.75) is 83.6 Å². The van der Waals surface area contributed by atoms with Crippen molar-refractivity contribution in [2.75, 3.05) is 0 Å². The van der Waals surface area contributed by atoms with Gasteiger partial charge in [-0.25, -0.2) is 0 Å². The fourth-order valence-electron chi connectivity index (χ4n) is 4.03. The van der Waals surface area contributed by atoms with Crippen molar-refractivity contribution in [1.29, 1.82) is 0 Å². The number of aryl methyl sites for hydroxylation is 1. The third-order valence-electron chi connectivity index (χ3n) is 6.39. The molecule has 23 heavy (non-hydrogen) atoms. The Balaban J connectivity index is 1.65. The van der Waals surface area contributed by atoms with Crippen LogP contribution in [0.15, 0.2) is 35.8 Å². The predicted molar refractivity (Wildman–Crippen MR) is 100 cm³/mol. The summed E-state index contributed by atoms with van der Waals surface area (Å²) >= 11 is 0. The first-order valence-electron chi connectivity index (χ1n) is 9.30. The Labute approximate surface area is 142 Å². The lowest BCUT2D eigenvalue weighted by molar-refractivity contribution is -0.0121. The van der Waals surface area contributed by atoms with Crippen LogP contribution in [0.1, 0.15) is 77.3 Å². The van der Waals surface area contributed by atoms with Crippen LogP contribution in [-0.2, 0) is 11.1 Å². The lowest BCUT2D eigenvalue weighted by atomic mass is 9.32. The minimum atomic E-state index is 0.00443. The Morgan fingerprint density at radius 2 is 1.83 bits per heavy atom. The van der Waals surface area contributed by atoms with E-state index in [1.54, 1.807) is 0 Å². The Bertz CT molecular complexity index is 582. The van der Waals surface area contributed by atoms with Crippen LogP contribution in [0.3, 0.4) is 0 Å². The third-order valence-corrected chi connectivity index (χ3v) is 6.39. The Hall–Kier alpha value is -1.02. The molecule has 0 spiro atoms. The monoisotopic (exact) mass is 310 g/mol. The summed E-state index contributed by atoms with van der Waals surface area (Å²) in [7, 11) is 0. The SMILES string of the molecule is CCCc1ccc(C2CC=C(B3OC(C)(C)C3(C)C)CC2)cc1. The summed E-state index contributed by atoms with van der Waals surface area (Å²) < 4.78 is 6.20. The second kappa shape index (κ2) is 6.13. The average Bonchev–Trinajstić information content (AvgIpc) is 2.54. The molecule has 0 saturated carbocycles. The van der Waals surface area contributed by atoms with E-state index in [1.807, 2.05) is 0 Å². The molecule has 1 aliphatic carbocycles. The number of rotatable bonds is 4. The summed E-state index contributed by atoms with van der Waals surface area (Å²) in [6.07, 6.45) is 8.50. The molecular formula is C21H31BO. The molecule has 1 nitrogen and oxygen atoms in total. The molecule has 3 rings (SSSR count). The molecule has 1 aromatic rings. The first-order chi connectivity index (χ1) is 10.8. The maximum Gasteiger partial charge on any atom is 0.331 e. The van der Waals surface area contributed by atoms with Crippen molar-refractivity contribution in [3.63, 3.8) is 0 Å². The molecule has 1 saturated heterocycles. The van der Waals surface area contributed by atoms with Gasteiger partial charge in [0.05, 0.1) is 0 Å². The summed E-state index contributed by atoms with van der Waals surface area (Å²) in [5.41, 5.74) is 4.52. The highest BCUT2D eigenvalue weighted by molar-refractivity contribution is 6.66. The van der Waals surface area contributed by atoms with E-state index < -0.39 is 0 Å². The molecule has 2 aliphatic rings. The topological polar surface area (TPSA) is 9.23 Å². The molecule has 0 N–H and O–H groups in total. The number of hydrogen-bond donors (Lipinski definition) is 0. The molecule has 1 heterocycles. The summed E-state index contributed by atoms with van der Waals surface area (Å²) in [4.78, 5) is 0. The van der Waals surface area contributed by atoms with Gasteiger partial charge in [-0.05, 0) is 56.6 Å². The highest BCUT2D eigenvalue weighted by Gasteiger charge is 2.59. The van der Waals surface area contributed by atoms with Crippen molar-refractivity contribution < 1.29 is 4.65 Å². The normalized spacial score (nSPS) is 25.7. The Morgan fingerprint density at radius 1 is 1.13 bits per heavy atom. The third kappa shape index (κ3) is 3.03. The van der Waals surface area contributed by atoms with E-state index in [2.05, 4.69) is 65.0 Å². The standard InChI is InChI=1S/C21H31BO/c1-6-7-16-8-10-17(11-9-16)18-12-14-19(15-13-18)22-20(2,3)21(4,5)23-22/h8-11,14,18H,6-7,12-13,15H2,1-5H3. The van der Waals surface area contributed by atoms with Crippen molar-refractivity contribution in [3.05, 3.63) is 46.9 Å². The maximum absolute atomic E-state index is 6.20. The van der Waals surface area contributed by atoms with Gasteiger partial charge in [0.1, 0.15) is 0 Å². The van der Waals surface area contributed by atoms with Crippen molar-refractivity contribution in [1.82, 2.24) is 0 Å². The largest absolute Gasteiger partial charge is 0.426 e. The van der Waals surface area contributed by atoms with Gasteiger partial charge in [0, 0.05) is 10.9 Å². The summed E-state index contributed by atoms with van der Waals surface area (Å²) in [5.74, 6) is 0.686. The van der Waals surface area contributed by atoms with Gasteiger partial charge in [0.2, 0.25) is 0 Å². The lowest BCUT2D eigenvalue weighted by Crippen LogP contribution is -2.62. The zero-order valence-electron chi connectivity index (χ0n) is 15.5. The van der Waals surface area contributed by atoms with Crippen molar-refractivity contribution >= 4 is 6.92 Å². The molecule has 1 fully saturated rings. The van der Waals surface area contributed by atoms with Crippen LogP contribution in [-0.4, -0.2) is 12.5 Å². The van der Waals surface area contributed by atoms with E-state index in [1.165, 1.54) is 48.7 Å². The molecule has 2 heteroatoms. The van der Waals surface area contributed by atoms with Crippen LogP contribution >= 0.6 is 0 Å². The predicted octanol–water partition coefficient (Wildman–Crippen LogP) is 5.95. The minimum absolute atomic E-state index is 0.00443. The molecule has 0 radical (unpaired) electrons. The van der Waals surface area contributed by atoms with Crippen LogP contribution < -0.4 is 0 Å². The van der Waals surface area contributed by atoms with E-state index in [9.17, 15) is 0 Å². The van der Waals surface area contributed by atoms with Crippen molar-refractivity contribution in [3.8, 4) is 0 Å². The van der Waals surface area contributed by atoms with E-state index in [0.717, 1.165) is 0 Å². The van der Waals surface area contributed by atoms with Crippen LogP contribution in [0.25, 0.3) is 0 Å². The maximum atomic E-state index is 6.20. The zero-order chi connectivity index (χ0) is 16.7. The molecule has 1 unspecified atom stereocenters. The van der Waals surface area contributed by atoms with Crippen molar-refractivity contribution in [2.24, 2.45) is 0 Å². The van der Waals surface area contributed by atoms with Crippen LogP contribution in [0.2, 0.25) is 5.31 Å². The Kier molecular flexibility index (Phi) is 4.48. The molecule has 0 aromatic heterocycles. The van der Waals surface area contributed by atoms with Gasteiger partial charge in [0.15, 0.2) is 0 Å². The van der Waals surface area contributed by atoms with Gasteiger partial charge >= 0.3 is 6.92 Å². The highest BCUT2D eigenvalue weighted by Crippen LogP contribution is 2.56. The summed E-state index contributed by atoms with van der Waals surface area (Å²) in [6, 6.07) is 9.33.